The predicted octanol–water partition coefficient (Wildman–Crippen LogP) is 4.58. The van der Waals surface area contributed by atoms with E-state index in [0.717, 1.165) is 29.7 Å². The fraction of sp³-hybridized carbons (Fsp3) is 0.435. The van der Waals surface area contributed by atoms with Crippen molar-refractivity contribution in [3.05, 3.63) is 47.0 Å². The van der Waals surface area contributed by atoms with E-state index in [1.54, 1.807) is 18.2 Å². The van der Waals surface area contributed by atoms with Gasteiger partial charge in [0.25, 0.3) is 0 Å². The number of rotatable bonds is 8. The highest BCUT2D eigenvalue weighted by Gasteiger charge is 2.27. The third-order valence-corrected chi connectivity index (χ3v) is 4.97. The number of hydrogen-bond donors (Lipinski definition) is 0. The van der Waals surface area contributed by atoms with Gasteiger partial charge in [-0.25, -0.2) is 4.39 Å². The SMILES string of the molecule is COc1cc(CC(=O)c2ccc3c(c2)CCC(C)(C)O3)cc(OC)c1OCCF. The van der Waals surface area contributed by atoms with E-state index < -0.39 is 6.67 Å². The number of aryl methyl sites for hydroxylation is 1. The van der Waals surface area contributed by atoms with Crippen molar-refractivity contribution in [3.8, 4) is 23.0 Å². The van der Waals surface area contributed by atoms with Gasteiger partial charge >= 0.3 is 0 Å². The Kier molecular flexibility index (Phi) is 6.30. The Hall–Kier alpha value is -2.76. The van der Waals surface area contributed by atoms with E-state index in [4.69, 9.17) is 18.9 Å². The zero-order valence-corrected chi connectivity index (χ0v) is 17.3. The Morgan fingerprint density at radius 1 is 1.14 bits per heavy atom. The lowest BCUT2D eigenvalue weighted by atomic mass is 9.92. The van der Waals surface area contributed by atoms with Gasteiger partial charge in [-0.1, -0.05) is 0 Å². The number of carbonyl (C=O) groups excluding carboxylic acids is 1. The van der Waals surface area contributed by atoms with Gasteiger partial charge in [-0.2, -0.15) is 0 Å². The van der Waals surface area contributed by atoms with Gasteiger partial charge in [0.15, 0.2) is 17.3 Å². The molecule has 1 aliphatic heterocycles. The first-order valence-corrected chi connectivity index (χ1v) is 9.65. The first-order chi connectivity index (χ1) is 13.9. The van der Waals surface area contributed by atoms with E-state index in [0.29, 0.717) is 22.8 Å². The molecule has 3 rings (SSSR count). The molecule has 2 aromatic carbocycles. The smallest absolute Gasteiger partial charge is 0.203 e. The highest BCUT2D eigenvalue weighted by Crippen LogP contribution is 2.39. The highest BCUT2D eigenvalue weighted by molar-refractivity contribution is 5.98. The first-order valence-electron chi connectivity index (χ1n) is 9.65. The van der Waals surface area contributed by atoms with Crippen LogP contribution in [0, 0.1) is 0 Å². The number of benzene rings is 2. The van der Waals surface area contributed by atoms with Crippen molar-refractivity contribution >= 4 is 5.78 Å². The molecule has 29 heavy (non-hydrogen) atoms. The standard InChI is InChI=1S/C23H27FO5/c1-23(2)8-7-17-14-16(5-6-19(17)29-23)18(25)11-15-12-20(26-3)22(28-10-9-24)21(13-15)27-4/h5-6,12-14H,7-11H2,1-4H3. The summed E-state index contributed by atoms with van der Waals surface area (Å²) in [7, 11) is 2.99. The number of hydrogen-bond acceptors (Lipinski definition) is 5. The molecule has 0 fully saturated rings. The molecule has 6 heteroatoms. The van der Waals surface area contributed by atoms with E-state index in [1.807, 2.05) is 12.1 Å². The van der Waals surface area contributed by atoms with Crippen molar-refractivity contribution in [1.29, 1.82) is 0 Å². The number of carbonyl (C=O) groups is 1. The second-order valence-corrected chi connectivity index (χ2v) is 7.65. The van der Waals surface area contributed by atoms with Gasteiger partial charge in [0.05, 0.1) is 14.2 Å². The maximum Gasteiger partial charge on any atom is 0.203 e. The fourth-order valence-electron chi connectivity index (χ4n) is 3.44. The van der Waals surface area contributed by atoms with E-state index >= 15 is 0 Å². The second kappa shape index (κ2) is 8.72. The minimum atomic E-state index is -0.619. The monoisotopic (exact) mass is 402 g/mol. The quantitative estimate of drug-likeness (QED) is 0.605. The number of ether oxygens (including phenoxy) is 4. The van der Waals surface area contributed by atoms with Crippen LogP contribution in [0.3, 0.4) is 0 Å². The molecular weight excluding hydrogens is 375 g/mol. The molecule has 0 amide bonds. The summed E-state index contributed by atoms with van der Waals surface area (Å²) in [6, 6.07) is 9.03. The van der Waals surface area contributed by atoms with Gasteiger partial charge in [-0.15, -0.1) is 0 Å². The molecule has 0 unspecified atom stereocenters. The van der Waals surface area contributed by atoms with Crippen molar-refractivity contribution in [2.75, 3.05) is 27.5 Å². The number of methoxy groups -OCH3 is 2. The van der Waals surface area contributed by atoms with Gasteiger partial charge < -0.3 is 18.9 Å². The van der Waals surface area contributed by atoms with Crippen molar-refractivity contribution in [2.45, 2.75) is 38.7 Å². The van der Waals surface area contributed by atoms with Gasteiger partial charge in [0.2, 0.25) is 5.75 Å². The Morgan fingerprint density at radius 3 is 2.45 bits per heavy atom. The Bertz CT molecular complexity index is 866. The topological polar surface area (TPSA) is 54.0 Å². The van der Waals surface area contributed by atoms with Crippen LogP contribution in [-0.4, -0.2) is 38.9 Å². The van der Waals surface area contributed by atoms with Crippen LogP contribution < -0.4 is 18.9 Å². The number of Topliss-reactive ketones (excluding diaryl/α,β-unsaturated/α-hetero) is 1. The van der Waals surface area contributed by atoms with Crippen LogP contribution in [0.2, 0.25) is 0 Å². The number of fused-ring (bicyclic) bond motifs is 1. The molecule has 0 saturated heterocycles. The molecule has 0 saturated carbocycles. The van der Waals surface area contributed by atoms with Crippen molar-refractivity contribution < 1.29 is 28.1 Å². The Morgan fingerprint density at radius 2 is 1.83 bits per heavy atom. The van der Waals surface area contributed by atoms with Gasteiger partial charge in [-0.3, -0.25) is 4.79 Å². The summed E-state index contributed by atoms with van der Waals surface area (Å²) >= 11 is 0. The summed E-state index contributed by atoms with van der Waals surface area (Å²) in [6.45, 7) is 3.41. The fourth-order valence-corrected chi connectivity index (χ4v) is 3.44. The van der Waals surface area contributed by atoms with Crippen molar-refractivity contribution in [1.82, 2.24) is 0 Å². The average Bonchev–Trinajstić information content (AvgIpc) is 2.70. The number of ketones is 1. The summed E-state index contributed by atoms with van der Waals surface area (Å²) in [5.74, 6) is 1.97. The maximum absolute atomic E-state index is 12.9. The zero-order valence-electron chi connectivity index (χ0n) is 17.3. The lowest BCUT2D eigenvalue weighted by molar-refractivity contribution is 0.0846. The van der Waals surface area contributed by atoms with Crippen LogP contribution in [-0.2, 0) is 12.8 Å². The summed E-state index contributed by atoms with van der Waals surface area (Å²) in [4.78, 5) is 12.9. The van der Waals surface area contributed by atoms with Crippen LogP contribution in [0.4, 0.5) is 4.39 Å². The highest BCUT2D eigenvalue weighted by atomic mass is 19.1. The molecule has 1 aliphatic rings. The summed E-state index contributed by atoms with van der Waals surface area (Å²) in [5.41, 5.74) is 2.24. The van der Waals surface area contributed by atoms with Gasteiger partial charge in [-0.05, 0) is 68.1 Å². The third kappa shape index (κ3) is 4.81. The van der Waals surface area contributed by atoms with Crippen molar-refractivity contribution in [3.63, 3.8) is 0 Å². The molecule has 0 bridgehead atoms. The maximum atomic E-state index is 12.9. The van der Waals surface area contributed by atoms with E-state index in [1.165, 1.54) is 14.2 Å². The number of halogens is 1. The van der Waals surface area contributed by atoms with Crippen LogP contribution in [0.5, 0.6) is 23.0 Å². The molecule has 156 valence electrons. The summed E-state index contributed by atoms with van der Waals surface area (Å²) in [6.07, 6.45) is 1.97. The van der Waals surface area contributed by atoms with Crippen molar-refractivity contribution in [2.24, 2.45) is 0 Å². The van der Waals surface area contributed by atoms with E-state index in [2.05, 4.69) is 13.8 Å². The van der Waals surface area contributed by atoms with Gasteiger partial charge in [0, 0.05) is 12.0 Å². The van der Waals surface area contributed by atoms with Crippen LogP contribution in [0.25, 0.3) is 0 Å². The third-order valence-electron chi connectivity index (χ3n) is 4.97. The summed E-state index contributed by atoms with van der Waals surface area (Å²) < 4.78 is 34.6. The van der Waals surface area contributed by atoms with Gasteiger partial charge in [0.1, 0.15) is 24.6 Å². The van der Waals surface area contributed by atoms with E-state index in [-0.39, 0.29) is 24.4 Å². The molecule has 1 heterocycles. The lowest BCUT2D eigenvalue weighted by Gasteiger charge is -2.32. The predicted molar refractivity (Wildman–Crippen MR) is 109 cm³/mol. The molecule has 0 aliphatic carbocycles. The van der Waals surface area contributed by atoms with Crippen LogP contribution in [0.1, 0.15) is 41.8 Å². The normalized spacial score (nSPS) is 14.5. The molecule has 0 atom stereocenters. The lowest BCUT2D eigenvalue weighted by Crippen LogP contribution is -2.32. The minimum Gasteiger partial charge on any atom is -0.493 e. The zero-order chi connectivity index (χ0) is 21.0. The first kappa shape index (κ1) is 21.0. The molecule has 5 nitrogen and oxygen atoms in total. The molecule has 2 aromatic rings. The largest absolute Gasteiger partial charge is 0.493 e. The Labute approximate surface area is 170 Å². The average molecular weight is 402 g/mol. The molecule has 0 N–H and O–H groups in total. The van der Waals surface area contributed by atoms with Crippen LogP contribution in [0.15, 0.2) is 30.3 Å². The summed E-state index contributed by atoms with van der Waals surface area (Å²) in [5, 5.41) is 0. The Balaban J connectivity index is 1.82. The number of alkyl halides is 1. The molecular formula is C23H27FO5. The molecule has 0 spiro atoms. The molecule has 0 aromatic heterocycles. The van der Waals surface area contributed by atoms with Crippen LogP contribution >= 0.6 is 0 Å². The minimum absolute atomic E-state index is 0.0147. The second-order valence-electron chi connectivity index (χ2n) is 7.65. The molecule has 0 radical (unpaired) electrons. The van der Waals surface area contributed by atoms with E-state index in [9.17, 15) is 9.18 Å².